The Labute approximate surface area is 229 Å². The van der Waals surface area contributed by atoms with Crippen LogP contribution in [0.1, 0.15) is 56.3 Å². The van der Waals surface area contributed by atoms with Gasteiger partial charge >= 0.3 is 6.18 Å². The molecular formula is C29H37F3N4O2Si. The zero-order valence-electron chi connectivity index (χ0n) is 23.1. The molecule has 6 nitrogen and oxygen atoms in total. The molecule has 4 rings (SSSR count). The summed E-state index contributed by atoms with van der Waals surface area (Å²) in [5.74, 6) is 0.164. The van der Waals surface area contributed by atoms with E-state index < -0.39 is 20.1 Å². The van der Waals surface area contributed by atoms with E-state index in [4.69, 9.17) is 4.74 Å². The Balaban J connectivity index is 1.42. The van der Waals surface area contributed by atoms with Gasteiger partial charge < -0.3 is 9.53 Å². The summed E-state index contributed by atoms with van der Waals surface area (Å²) in [6, 6.07) is 12.6. The summed E-state index contributed by atoms with van der Waals surface area (Å²) >= 11 is 0. The third-order valence-corrected chi connectivity index (χ3v) is 8.96. The van der Waals surface area contributed by atoms with E-state index >= 15 is 0 Å². The van der Waals surface area contributed by atoms with Crippen LogP contribution in [0.3, 0.4) is 0 Å². The third-order valence-electron chi connectivity index (χ3n) is 7.26. The van der Waals surface area contributed by atoms with E-state index in [-0.39, 0.29) is 18.3 Å². The zero-order chi connectivity index (χ0) is 28.2. The van der Waals surface area contributed by atoms with Gasteiger partial charge in [0, 0.05) is 38.4 Å². The molecule has 1 aliphatic rings. The first-order valence-electron chi connectivity index (χ1n) is 13.5. The van der Waals surface area contributed by atoms with Crippen molar-refractivity contribution in [1.29, 1.82) is 0 Å². The van der Waals surface area contributed by atoms with Gasteiger partial charge in [0.2, 0.25) is 5.82 Å². The Morgan fingerprint density at radius 1 is 1.03 bits per heavy atom. The average molecular weight is 559 g/mol. The fourth-order valence-electron chi connectivity index (χ4n) is 5.02. The van der Waals surface area contributed by atoms with Crippen molar-refractivity contribution in [3.8, 4) is 22.6 Å². The van der Waals surface area contributed by atoms with Crippen LogP contribution in [0.25, 0.3) is 22.6 Å². The molecule has 0 aliphatic heterocycles. The molecule has 0 atom stereocenters. The maximum absolute atomic E-state index is 13.6. The fraction of sp³-hybridized carbons (Fsp3) is 0.517. The van der Waals surface area contributed by atoms with Gasteiger partial charge in [0.1, 0.15) is 12.5 Å². The largest absolute Gasteiger partial charge is 0.451 e. The molecule has 1 saturated carbocycles. The van der Waals surface area contributed by atoms with Gasteiger partial charge in [0.05, 0.1) is 5.69 Å². The van der Waals surface area contributed by atoms with Crippen LogP contribution in [0, 0.1) is 5.92 Å². The summed E-state index contributed by atoms with van der Waals surface area (Å²) in [4.78, 5) is 19.6. The number of aromatic nitrogens is 4. The highest BCUT2D eigenvalue weighted by Crippen LogP contribution is 2.37. The van der Waals surface area contributed by atoms with E-state index in [9.17, 15) is 18.0 Å². The second-order valence-electron chi connectivity index (χ2n) is 11.8. The van der Waals surface area contributed by atoms with Gasteiger partial charge in [0.25, 0.3) is 0 Å². The van der Waals surface area contributed by atoms with E-state index in [0.717, 1.165) is 47.7 Å². The number of carbonyl (C=O) groups is 1. The highest BCUT2D eigenvalue weighted by Gasteiger charge is 2.38. The molecule has 0 unspecified atom stereocenters. The van der Waals surface area contributed by atoms with Crippen molar-refractivity contribution >= 4 is 13.9 Å². The lowest BCUT2D eigenvalue weighted by atomic mass is 9.77. The summed E-state index contributed by atoms with van der Waals surface area (Å²) in [7, 11) is -1.36. The average Bonchev–Trinajstić information content (AvgIpc) is 3.32. The predicted octanol–water partition coefficient (Wildman–Crippen LogP) is 7.59. The monoisotopic (exact) mass is 558 g/mol. The maximum Gasteiger partial charge on any atom is 0.451 e. The maximum atomic E-state index is 13.6. The highest BCUT2D eigenvalue weighted by molar-refractivity contribution is 6.76. The van der Waals surface area contributed by atoms with Gasteiger partial charge in [-0.05, 0) is 68.2 Å². The highest BCUT2D eigenvalue weighted by atomic mass is 28.3. The molecule has 3 aromatic rings. The fourth-order valence-corrected chi connectivity index (χ4v) is 5.78. The Bertz CT molecular complexity index is 1240. The second kappa shape index (κ2) is 12.1. The second-order valence-corrected chi connectivity index (χ2v) is 17.4. The van der Waals surface area contributed by atoms with Crippen LogP contribution < -0.4 is 0 Å². The number of halogens is 3. The van der Waals surface area contributed by atoms with E-state index in [1.54, 1.807) is 19.1 Å². The number of rotatable bonds is 10. The lowest BCUT2D eigenvalue weighted by molar-refractivity contribution is -0.150. The quantitative estimate of drug-likeness (QED) is 0.189. The molecule has 0 spiro atoms. The number of ether oxygens (including phenoxy) is 1. The molecule has 10 heteroatoms. The Kier molecular flexibility index (Phi) is 9.06. The Hall–Kier alpha value is -2.85. The molecular weight excluding hydrogens is 521 g/mol. The number of hydrogen-bond acceptors (Lipinski definition) is 5. The number of hydrogen-bond donors (Lipinski definition) is 0. The molecule has 0 N–H and O–H groups in total. The number of pyridine rings is 1. The third kappa shape index (κ3) is 8.08. The first-order chi connectivity index (χ1) is 18.4. The number of alkyl halides is 3. The van der Waals surface area contributed by atoms with Crippen LogP contribution in [-0.4, -0.2) is 40.2 Å². The molecule has 1 aliphatic carbocycles. The normalized spacial score (nSPS) is 18.3. The minimum atomic E-state index is -4.64. The number of carbonyl (C=O) groups excluding carboxylic acids is 1. The van der Waals surface area contributed by atoms with Gasteiger partial charge in [-0.25, -0.2) is 9.67 Å². The van der Waals surface area contributed by atoms with Crippen molar-refractivity contribution in [1.82, 2.24) is 19.7 Å². The van der Waals surface area contributed by atoms with Gasteiger partial charge in [-0.1, -0.05) is 43.9 Å². The summed E-state index contributed by atoms with van der Waals surface area (Å²) < 4.78 is 47.1. The SMILES string of the molecule is CC(=O)CC1CCC(c2ccc(-c3ccc(-c4nc(C(F)(F)F)n(COCC[Si](C)(C)C)n4)cn3)cc2)CC1. The predicted molar refractivity (Wildman–Crippen MR) is 148 cm³/mol. The van der Waals surface area contributed by atoms with Crippen molar-refractivity contribution in [3.05, 3.63) is 54.0 Å². The van der Waals surface area contributed by atoms with Crippen molar-refractivity contribution in [3.63, 3.8) is 0 Å². The topological polar surface area (TPSA) is 69.9 Å². The van der Waals surface area contributed by atoms with E-state index in [0.29, 0.717) is 30.4 Å². The number of ketones is 1. The van der Waals surface area contributed by atoms with Crippen LogP contribution in [0.2, 0.25) is 25.7 Å². The van der Waals surface area contributed by atoms with Crippen LogP contribution in [0.5, 0.6) is 0 Å². The van der Waals surface area contributed by atoms with E-state index in [1.165, 1.54) is 11.8 Å². The number of benzene rings is 1. The standard InChI is InChI=1S/C29H37F3N4O2Si/c1-20(37)17-21-5-7-22(8-6-21)23-9-11-24(12-10-23)26-14-13-25(18-33-26)27-34-28(29(30,31)32)36(35-27)19-38-15-16-39(2,3)4/h9-14,18,21-22H,5-8,15-17,19H2,1-4H3. The van der Waals surface area contributed by atoms with Crippen LogP contribution >= 0.6 is 0 Å². The number of Topliss-reactive ketones (excluding diaryl/α,β-unsaturated/α-hetero) is 1. The van der Waals surface area contributed by atoms with Crippen molar-refractivity contribution in [2.24, 2.45) is 5.92 Å². The first-order valence-corrected chi connectivity index (χ1v) is 17.3. The molecule has 210 valence electrons. The zero-order valence-corrected chi connectivity index (χ0v) is 24.1. The summed E-state index contributed by atoms with van der Waals surface area (Å²) in [5, 5.41) is 4.08. The summed E-state index contributed by atoms with van der Waals surface area (Å²) in [6.07, 6.45) is 1.90. The van der Waals surface area contributed by atoms with E-state index in [2.05, 4.69) is 46.8 Å². The van der Waals surface area contributed by atoms with Crippen molar-refractivity contribution in [2.75, 3.05) is 6.61 Å². The molecule has 39 heavy (non-hydrogen) atoms. The first kappa shape index (κ1) is 29.1. The minimum Gasteiger partial charge on any atom is -0.359 e. The van der Waals surface area contributed by atoms with Crippen LogP contribution in [-0.2, 0) is 22.4 Å². The van der Waals surface area contributed by atoms with Gasteiger partial charge in [-0.15, -0.1) is 5.10 Å². The Morgan fingerprint density at radius 3 is 2.26 bits per heavy atom. The smallest absolute Gasteiger partial charge is 0.359 e. The molecule has 2 heterocycles. The van der Waals surface area contributed by atoms with Crippen LogP contribution in [0.15, 0.2) is 42.6 Å². The van der Waals surface area contributed by atoms with Crippen molar-refractivity contribution in [2.45, 2.75) is 83.5 Å². The van der Waals surface area contributed by atoms with Gasteiger partial charge in [-0.3, -0.25) is 4.98 Å². The lowest BCUT2D eigenvalue weighted by Gasteiger charge is -2.28. The molecule has 0 radical (unpaired) electrons. The summed E-state index contributed by atoms with van der Waals surface area (Å²) in [6.45, 7) is 8.29. The molecule has 1 fully saturated rings. The lowest BCUT2D eigenvalue weighted by Crippen LogP contribution is -2.23. The Morgan fingerprint density at radius 2 is 1.69 bits per heavy atom. The molecule has 0 bridgehead atoms. The molecule has 2 aromatic heterocycles. The minimum absolute atomic E-state index is 0.0362. The van der Waals surface area contributed by atoms with Gasteiger partial charge in [-0.2, -0.15) is 13.2 Å². The summed E-state index contributed by atoms with van der Waals surface area (Å²) in [5.41, 5.74) is 3.35. The molecule has 0 saturated heterocycles. The molecule has 0 amide bonds. The number of nitrogens with zero attached hydrogens (tertiary/aromatic N) is 4. The van der Waals surface area contributed by atoms with Crippen molar-refractivity contribution < 1.29 is 22.7 Å². The van der Waals surface area contributed by atoms with Crippen LogP contribution in [0.4, 0.5) is 13.2 Å². The van der Waals surface area contributed by atoms with Gasteiger partial charge in [0.15, 0.2) is 5.82 Å². The molecule has 1 aromatic carbocycles. The van der Waals surface area contributed by atoms with E-state index in [1.807, 2.05) is 12.1 Å².